The summed E-state index contributed by atoms with van der Waals surface area (Å²) in [6.45, 7) is 6.98. The van der Waals surface area contributed by atoms with Gasteiger partial charge in [-0.3, -0.25) is 9.79 Å². The molecule has 0 radical (unpaired) electrons. The zero-order valence-electron chi connectivity index (χ0n) is 16.6. The number of likely N-dealkylation sites (tertiary alicyclic amines) is 1. The Hall–Kier alpha value is -1.68. The van der Waals surface area contributed by atoms with Crippen LogP contribution in [-0.4, -0.2) is 35.3 Å². The predicted molar refractivity (Wildman–Crippen MR) is 125 cm³/mol. The lowest BCUT2D eigenvalue weighted by atomic mass is 10.1. The third-order valence-electron chi connectivity index (χ3n) is 4.80. The van der Waals surface area contributed by atoms with Gasteiger partial charge in [-0.2, -0.15) is 0 Å². The van der Waals surface area contributed by atoms with E-state index in [9.17, 15) is 4.79 Å². The molecule has 0 atom stereocenters. The van der Waals surface area contributed by atoms with Crippen molar-refractivity contribution in [1.29, 1.82) is 0 Å². The first-order valence-electron chi connectivity index (χ1n) is 9.29. The van der Waals surface area contributed by atoms with E-state index >= 15 is 0 Å². The molecule has 6 nitrogen and oxygen atoms in total. The number of hydrogen-bond acceptors (Lipinski definition) is 4. The van der Waals surface area contributed by atoms with Gasteiger partial charge in [-0.05, 0) is 31.4 Å². The maximum atomic E-state index is 11.9. The number of nitrogens with zero attached hydrogens (tertiary/aromatic N) is 3. The number of thiazole rings is 1. The van der Waals surface area contributed by atoms with E-state index in [0.717, 1.165) is 29.6 Å². The summed E-state index contributed by atoms with van der Waals surface area (Å²) < 4.78 is 0. The highest BCUT2D eigenvalue weighted by molar-refractivity contribution is 14.0. The number of amides is 1. The van der Waals surface area contributed by atoms with Crippen molar-refractivity contribution in [3.05, 3.63) is 51.0 Å². The van der Waals surface area contributed by atoms with Crippen LogP contribution in [0.2, 0.25) is 0 Å². The van der Waals surface area contributed by atoms with Gasteiger partial charge in [-0.15, -0.1) is 35.3 Å². The van der Waals surface area contributed by atoms with Gasteiger partial charge in [0.05, 0.1) is 12.2 Å². The van der Waals surface area contributed by atoms with Gasteiger partial charge >= 0.3 is 0 Å². The molecule has 8 heteroatoms. The van der Waals surface area contributed by atoms with Crippen LogP contribution in [0, 0.1) is 13.8 Å². The lowest BCUT2D eigenvalue weighted by Gasteiger charge is -2.19. The van der Waals surface area contributed by atoms with Crippen LogP contribution in [0.3, 0.4) is 0 Å². The van der Waals surface area contributed by atoms with Crippen LogP contribution >= 0.6 is 35.3 Å². The number of aryl methyl sites for hydroxylation is 2. The Labute approximate surface area is 187 Å². The average Bonchev–Trinajstić information content (AvgIpc) is 3.21. The Morgan fingerprint density at radius 2 is 1.93 bits per heavy atom. The molecule has 1 saturated heterocycles. The zero-order chi connectivity index (χ0) is 19.2. The summed E-state index contributed by atoms with van der Waals surface area (Å²) in [5, 5.41) is 7.74. The first kappa shape index (κ1) is 22.6. The van der Waals surface area contributed by atoms with Crippen molar-refractivity contribution in [3.63, 3.8) is 0 Å². The maximum absolute atomic E-state index is 11.9. The van der Waals surface area contributed by atoms with E-state index in [1.54, 1.807) is 18.4 Å². The fraction of sp³-hybridized carbons (Fsp3) is 0.450. The standard InChI is InChI=1S/C20H27N5OS.HI/c1-14-15(2)27-18(24-14)12-23-20(21-3)22-11-16-7-4-5-8-17(16)13-25-10-6-9-19(25)26;/h4-5,7-8H,6,9-13H2,1-3H3,(H2,21,22,23);1H. The molecule has 1 aromatic heterocycles. The molecule has 0 spiro atoms. The number of hydrogen-bond donors (Lipinski definition) is 2. The molecule has 1 aromatic carbocycles. The maximum Gasteiger partial charge on any atom is 0.222 e. The highest BCUT2D eigenvalue weighted by Crippen LogP contribution is 2.18. The van der Waals surface area contributed by atoms with E-state index in [1.165, 1.54) is 16.0 Å². The van der Waals surface area contributed by atoms with Gasteiger partial charge in [0, 0.05) is 38.0 Å². The SMILES string of the molecule is CN=C(NCc1nc(C)c(C)s1)NCc1ccccc1CN1CCCC1=O.I. The topological polar surface area (TPSA) is 69.6 Å². The lowest BCUT2D eigenvalue weighted by molar-refractivity contribution is -0.128. The van der Waals surface area contributed by atoms with E-state index in [0.29, 0.717) is 26.1 Å². The molecule has 1 aliphatic heterocycles. The third-order valence-corrected chi connectivity index (χ3v) is 5.87. The van der Waals surface area contributed by atoms with Gasteiger partial charge < -0.3 is 15.5 Å². The molecule has 28 heavy (non-hydrogen) atoms. The van der Waals surface area contributed by atoms with Gasteiger partial charge in [0.15, 0.2) is 5.96 Å². The number of guanidine groups is 1. The number of aliphatic imine (C=N–C) groups is 1. The number of benzene rings is 1. The molecule has 1 fully saturated rings. The summed E-state index contributed by atoms with van der Waals surface area (Å²) in [5.74, 6) is 0.997. The van der Waals surface area contributed by atoms with E-state index in [2.05, 4.69) is 39.7 Å². The Bertz CT molecular complexity index is 816. The van der Waals surface area contributed by atoms with E-state index < -0.39 is 0 Å². The summed E-state index contributed by atoms with van der Waals surface area (Å²) in [6, 6.07) is 8.26. The molecular formula is C20H28IN5OS. The largest absolute Gasteiger partial charge is 0.352 e. The highest BCUT2D eigenvalue weighted by atomic mass is 127. The van der Waals surface area contributed by atoms with Crippen LogP contribution in [0.25, 0.3) is 0 Å². The smallest absolute Gasteiger partial charge is 0.222 e. The lowest BCUT2D eigenvalue weighted by Crippen LogP contribution is -2.36. The summed E-state index contributed by atoms with van der Waals surface area (Å²) >= 11 is 1.71. The van der Waals surface area contributed by atoms with Crippen molar-refractivity contribution in [2.45, 2.75) is 46.3 Å². The fourth-order valence-electron chi connectivity index (χ4n) is 3.13. The average molecular weight is 513 g/mol. The van der Waals surface area contributed by atoms with Crippen LogP contribution in [0.1, 0.15) is 39.5 Å². The van der Waals surface area contributed by atoms with Crippen molar-refractivity contribution in [3.8, 4) is 0 Å². The minimum Gasteiger partial charge on any atom is -0.352 e. The highest BCUT2D eigenvalue weighted by Gasteiger charge is 2.20. The number of nitrogens with one attached hydrogen (secondary N) is 2. The van der Waals surface area contributed by atoms with Gasteiger partial charge in [-0.25, -0.2) is 4.98 Å². The molecule has 1 amide bonds. The second-order valence-electron chi connectivity index (χ2n) is 6.72. The Morgan fingerprint density at radius 3 is 2.54 bits per heavy atom. The van der Waals surface area contributed by atoms with Crippen LogP contribution in [0.4, 0.5) is 0 Å². The molecule has 0 aliphatic carbocycles. The molecule has 2 heterocycles. The Morgan fingerprint density at radius 1 is 1.21 bits per heavy atom. The normalized spacial score (nSPS) is 14.2. The summed E-state index contributed by atoms with van der Waals surface area (Å²) in [6.07, 6.45) is 1.64. The van der Waals surface area contributed by atoms with Crippen molar-refractivity contribution in [1.82, 2.24) is 20.5 Å². The van der Waals surface area contributed by atoms with E-state index in [1.807, 2.05) is 24.0 Å². The first-order valence-corrected chi connectivity index (χ1v) is 10.1. The fourth-order valence-corrected chi connectivity index (χ4v) is 4.01. The molecular weight excluding hydrogens is 485 g/mol. The number of aromatic nitrogens is 1. The van der Waals surface area contributed by atoms with Gasteiger partial charge in [0.1, 0.15) is 5.01 Å². The first-order chi connectivity index (χ1) is 13.1. The monoisotopic (exact) mass is 513 g/mol. The minimum absolute atomic E-state index is 0. The summed E-state index contributed by atoms with van der Waals surface area (Å²) in [4.78, 5) is 24.0. The van der Waals surface area contributed by atoms with Crippen LogP contribution < -0.4 is 10.6 Å². The van der Waals surface area contributed by atoms with Gasteiger partial charge in [-0.1, -0.05) is 24.3 Å². The number of carbonyl (C=O) groups is 1. The van der Waals surface area contributed by atoms with E-state index in [4.69, 9.17) is 0 Å². The summed E-state index contributed by atoms with van der Waals surface area (Å²) in [7, 11) is 1.77. The van der Waals surface area contributed by atoms with Crippen molar-refractivity contribution in [2.24, 2.45) is 4.99 Å². The molecule has 152 valence electrons. The summed E-state index contributed by atoms with van der Waals surface area (Å²) in [5.41, 5.74) is 3.45. The molecule has 2 aromatic rings. The van der Waals surface area contributed by atoms with Crippen LogP contribution in [0.5, 0.6) is 0 Å². The molecule has 3 rings (SSSR count). The Kier molecular flexibility index (Phi) is 8.68. The van der Waals surface area contributed by atoms with Crippen molar-refractivity contribution >= 4 is 47.2 Å². The molecule has 0 bridgehead atoms. The van der Waals surface area contributed by atoms with Gasteiger partial charge in [0.2, 0.25) is 5.91 Å². The minimum atomic E-state index is 0. The zero-order valence-corrected chi connectivity index (χ0v) is 19.8. The number of rotatable bonds is 6. The third kappa shape index (κ3) is 5.91. The number of halogens is 1. The number of carbonyl (C=O) groups excluding carboxylic acids is 1. The van der Waals surface area contributed by atoms with Crippen molar-refractivity contribution < 1.29 is 4.79 Å². The predicted octanol–water partition coefficient (Wildman–Crippen LogP) is 3.37. The van der Waals surface area contributed by atoms with Crippen LogP contribution in [0.15, 0.2) is 29.3 Å². The molecule has 1 aliphatic rings. The molecule has 2 N–H and O–H groups in total. The molecule has 0 unspecified atom stereocenters. The van der Waals surface area contributed by atoms with Gasteiger partial charge in [0.25, 0.3) is 0 Å². The Balaban J connectivity index is 0.00000280. The second-order valence-corrected chi connectivity index (χ2v) is 8.00. The quantitative estimate of drug-likeness (QED) is 0.353. The van der Waals surface area contributed by atoms with Crippen molar-refractivity contribution in [2.75, 3.05) is 13.6 Å². The molecule has 0 saturated carbocycles. The van der Waals surface area contributed by atoms with Crippen LogP contribution in [-0.2, 0) is 24.4 Å². The second kappa shape index (κ2) is 10.8. The van der Waals surface area contributed by atoms with E-state index in [-0.39, 0.29) is 29.9 Å².